The number of nitrogens with one attached hydrogen (secondary N) is 1. The SMILES string of the molecule is O=C(COC(=O)c1ccc2nc(-c3ccco3)c(-c3ccco3)nc2c1)Nc1ccc(Cl)cc1Cl. The van der Waals surface area contributed by atoms with Crippen molar-refractivity contribution in [2.75, 3.05) is 11.9 Å². The zero-order chi connectivity index (χ0) is 24.4. The summed E-state index contributed by atoms with van der Waals surface area (Å²) in [5, 5.41) is 3.27. The molecular weight excluding hydrogens is 493 g/mol. The first kappa shape index (κ1) is 22.6. The smallest absolute Gasteiger partial charge is 0.338 e. The summed E-state index contributed by atoms with van der Waals surface area (Å²) in [5.41, 5.74) is 2.51. The van der Waals surface area contributed by atoms with Crippen LogP contribution < -0.4 is 5.32 Å². The maximum absolute atomic E-state index is 12.6. The highest BCUT2D eigenvalue weighted by Gasteiger charge is 2.19. The van der Waals surface area contributed by atoms with Crippen LogP contribution in [0.25, 0.3) is 33.9 Å². The maximum atomic E-state index is 12.6. The van der Waals surface area contributed by atoms with Gasteiger partial charge in [0, 0.05) is 5.02 Å². The van der Waals surface area contributed by atoms with Gasteiger partial charge in [-0.3, -0.25) is 4.79 Å². The molecule has 10 heteroatoms. The van der Waals surface area contributed by atoms with Gasteiger partial charge in [-0.05, 0) is 60.7 Å². The minimum Gasteiger partial charge on any atom is -0.463 e. The number of amides is 1. The lowest BCUT2D eigenvalue weighted by atomic mass is 10.1. The summed E-state index contributed by atoms with van der Waals surface area (Å²) < 4.78 is 16.2. The Kier molecular flexibility index (Phi) is 6.22. The third kappa shape index (κ3) is 4.89. The zero-order valence-corrected chi connectivity index (χ0v) is 19.3. The van der Waals surface area contributed by atoms with Gasteiger partial charge in [-0.1, -0.05) is 23.2 Å². The number of ether oxygens (including phenoxy) is 1. The van der Waals surface area contributed by atoms with Crippen molar-refractivity contribution in [3.63, 3.8) is 0 Å². The lowest BCUT2D eigenvalue weighted by Crippen LogP contribution is -2.21. The van der Waals surface area contributed by atoms with Crippen molar-refractivity contribution in [3.8, 4) is 22.9 Å². The Balaban J connectivity index is 1.36. The van der Waals surface area contributed by atoms with E-state index < -0.39 is 18.5 Å². The average Bonchev–Trinajstić information content (AvgIpc) is 3.58. The van der Waals surface area contributed by atoms with Crippen LogP contribution in [0.1, 0.15) is 10.4 Å². The Morgan fingerprint density at radius 1 is 0.857 bits per heavy atom. The van der Waals surface area contributed by atoms with Crippen molar-refractivity contribution >= 4 is 51.8 Å². The quantitative estimate of drug-likeness (QED) is 0.270. The van der Waals surface area contributed by atoms with E-state index in [1.165, 1.54) is 18.4 Å². The normalized spacial score (nSPS) is 10.9. The molecule has 1 N–H and O–H groups in total. The summed E-state index contributed by atoms with van der Waals surface area (Å²) >= 11 is 11.9. The van der Waals surface area contributed by atoms with E-state index in [4.69, 9.17) is 36.8 Å². The van der Waals surface area contributed by atoms with Gasteiger partial charge in [-0.15, -0.1) is 0 Å². The Hall–Kier alpha value is -4.14. The van der Waals surface area contributed by atoms with E-state index in [0.717, 1.165) is 0 Å². The van der Waals surface area contributed by atoms with Gasteiger partial charge >= 0.3 is 5.97 Å². The largest absolute Gasteiger partial charge is 0.463 e. The first-order valence-corrected chi connectivity index (χ1v) is 11.0. The van der Waals surface area contributed by atoms with E-state index in [1.54, 1.807) is 54.8 Å². The fourth-order valence-corrected chi connectivity index (χ4v) is 3.80. The predicted octanol–water partition coefficient (Wildman–Crippen LogP) is 6.25. The molecule has 2 aromatic carbocycles. The van der Waals surface area contributed by atoms with E-state index in [0.29, 0.717) is 44.7 Å². The Bertz CT molecular complexity index is 1530. The van der Waals surface area contributed by atoms with Crippen LogP contribution in [-0.2, 0) is 9.53 Å². The number of rotatable bonds is 6. The summed E-state index contributed by atoms with van der Waals surface area (Å²) in [7, 11) is 0. The Morgan fingerprint density at radius 2 is 1.54 bits per heavy atom. The van der Waals surface area contributed by atoms with Gasteiger partial charge in [0.25, 0.3) is 5.91 Å². The standard InChI is InChI=1S/C25H15Cl2N3O5/c26-15-6-8-17(16(27)12-15)28-22(31)13-35-25(32)14-5-7-18-19(11-14)30-24(21-4-2-10-34-21)23(29-18)20-3-1-9-33-20/h1-12H,13H2,(H,28,31). The molecule has 0 unspecified atom stereocenters. The van der Waals surface area contributed by atoms with Crippen LogP contribution in [0.3, 0.4) is 0 Å². The summed E-state index contributed by atoms with van der Waals surface area (Å²) in [4.78, 5) is 34.1. The molecule has 0 radical (unpaired) electrons. The van der Waals surface area contributed by atoms with Gasteiger partial charge in [0.2, 0.25) is 0 Å². The van der Waals surface area contributed by atoms with E-state index in [2.05, 4.69) is 15.3 Å². The number of halogens is 2. The van der Waals surface area contributed by atoms with E-state index >= 15 is 0 Å². The van der Waals surface area contributed by atoms with E-state index in [9.17, 15) is 9.59 Å². The number of aromatic nitrogens is 2. The molecule has 174 valence electrons. The van der Waals surface area contributed by atoms with Crippen molar-refractivity contribution in [2.24, 2.45) is 0 Å². The first-order valence-electron chi connectivity index (χ1n) is 10.3. The number of carbonyl (C=O) groups is 2. The number of hydrogen-bond donors (Lipinski definition) is 1. The van der Waals surface area contributed by atoms with Crippen LogP contribution in [0.15, 0.2) is 82.0 Å². The molecule has 5 rings (SSSR count). The van der Waals surface area contributed by atoms with Crippen LogP contribution in [0, 0.1) is 0 Å². The van der Waals surface area contributed by atoms with Gasteiger partial charge in [-0.2, -0.15) is 0 Å². The maximum Gasteiger partial charge on any atom is 0.338 e. The van der Waals surface area contributed by atoms with Crippen molar-refractivity contribution < 1.29 is 23.2 Å². The van der Waals surface area contributed by atoms with Crippen molar-refractivity contribution in [1.82, 2.24) is 9.97 Å². The average molecular weight is 508 g/mol. The zero-order valence-electron chi connectivity index (χ0n) is 17.8. The van der Waals surface area contributed by atoms with Crippen LogP contribution >= 0.6 is 23.2 Å². The fourth-order valence-electron chi connectivity index (χ4n) is 3.34. The van der Waals surface area contributed by atoms with E-state index in [-0.39, 0.29) is 10.6 Å². The Labute approximate surface area is 208 Å². The summed E-state index contributed by atoms with van der Waals surface area (Å²) in [6.45, 7) is -0.503. The third-order valence-electron chi connectivity index (χ3n) is 4.95. The first-order chi connectivity index (χ1) is 17.0. The van der Waals surface area contributed by atoms with Gasteiger partial charge < -0.3 is 18.9 Å². The molecular formula is C25H15Cl2N3O5. The molecule has 0 spiro atoms. The van der Waals surface area contributed by atoms with Gasteiger partial charge in [0.1, 0.15) is 11.4 Å². The fraction of sp³-hybridized carbons (Fsp3) is 0.0400. The molecule has 0 fully saturated rings. The molecule has 0 aliphatic rings. The number of benzene rings is 2. The predicted molar refractivity (Wildman–Crippen MR) is 130 cm³/mol. The lowest BCUT2D eigenvalue weighted by molar-refractivity contribution is -0.119. The molecule has 0 aliphatic carbocycles. The highest BCUT2D eigenvalue weighted by Crippen LogP contribution is 2.32. The van der Waals surface area contributed by atoms with Crippen molar-refractivity contribution in [1.29, 1.82) is 0 Å². The number of carbonyl (C=O) groups excluding carboxylic acids is 2. The van der Waals surface area contributed by atoms with Crippen LogP contribution in [-0.4, -0.2) is 28.5 Å². The van der Waals surface area contributed by atoms with Gasteiger partial charge in [0.05, 0.1) is 39.8 Å². The summed E-state index contributed by atoms with van der Waals surface area (Å²) in [6.07, 6.45) is 3.08. The number of hydrogen-bond acceptors (Lipinski definition) is 7. The van der Waals surface area contributed by atoms with Crippen LogP contribution in [0.4, 0.5) is 5.69 Å². The number of fused-ring (bicyclic) bond motifs is 1. The summed E-state index contributed by atoms with van der Waals surface area (Å²) in [5.74, 6) is -0.218. The molecule has 3 heterocycles. The van der Waals surface area contributed by atoms with Gasteiger partial charge in [0.15, 0.2) is 18.1 Å². The third-order valence-corrected chi connectivity index (χ3v) is 5.50. The summed E-state index contributed by atoms with van der Waals surface area (Å²) in [6, 6.07) is 16.4. The molecule has 5 aromatic rings. The van der Waals surface area contributed by atoms with Crippen LogP contribution in [0.2, 0.25) is 10.0 Å². The van der Waals surface area contributed by atoms with Gasteiger partial charge in [-0.25, -0.2) is 14.8 Å². The molecule has 1 amide bonds. The number of anilines is 1. The minimum atomic E-state index is -0.694. The Morgan fingerprint density at radius 3 is 2.17 bits per heavy atom. The number of esters is 1. The molecule has 0 atom stereocenters. The molecule has 3 aromatic heterocycles. The molecule has 8 nitrogen and oxygen atoms in total. The lowest BCUT2D eigenvalue weighted by Gasteiger charge is -2.09. The monoisotopic (exact) mass is 507 g/mol. The minimum absolute atomic E-state index is 0.209. The highest BCUT2D eigenvalue weighted by molar-refractivity contribution is 6.36. The van der Waals surface area contributed by atoms with Crippen LogP contribution in [0.5, 0.6) is 0 Å². The molecule has 0 bridgehead atoms. The molecule has 0 saturated heterocycles. The second-order valence-electron chi connectivity index (χ2n) is 7.33. The second kappa shape index (κ2) is 9.61. The molecule has 35 heavy (non-hydrogen) atoms. The van der Waals surface area contributed by atoms with Crippen molar-refractivity contribution in [3.05, 3.63) is 88.8 Å². The highest BCUT2D eigenvalue weighted by atomic mass is 35.5. The second-order valence-corrected chi connectivity index (χ2v) is 8.17. The topological polar surface area (TPSA) is 107 Å². The number of furan rings is 2. The molecule has 0 saturated carbocycles. The van der Waals surface area contributed by atoms with Crippen molar-refractivity contribution in [2.45, 2.75) is 0 Å². The van der Waals surface area contributed by atoms with E-state index in [1.807, 2.05) is 0 Å². The molecule has 0 aliphatic heterocycles. The number of nitrogens with zero attached hydrogens (tertiary/aromatic N) is 2.